The molecule has 104 valence electrons. The molecule has 1 aromatic heterocycles. The van der Waals surface area contributed by atoms with Crippen LogP contribution in [-0.4, -0.2) is 16.3 Å². The minimum absolute atomic E-state index is 0.384. The fourth-order valence-electron chi connectivity index (χ4n) is 2.33. The Balaban J connectivity index is 2.28. The van der Waals surface area contributed by atoms with Crippen molar-refractivity contribution in [3.05, 3.63) is 58.8 Å². The lowest BCUT2D eigenvalue weighted by Gasteiger charge is -2.08. The van der Waals surface area contributed by atoms with Crippen LogP contribution >= 0.6 is 0 Å². The second-order valence-electron chi connectivity index (χ2n) is 5.37. The van der Waals surface area contributed by atoms with Gasteiger partial charge in [-0.05, 0) is 44.0 Å². The monoisotopic (exact) mass is 276 g/mol. The summed E-state index contributed by atoms with van der Waals surface area (Å²) in [5.74, 6) is 0. The third-order valence-electron chi connectivity index (χ3n) is 3.74. The summed E-state index contributed by atoms with van der Waals surface area (Å²) in [4.78, 5) is 20.5. The van der Waals surface area contributed by atoms with Crippen LogP contribution in [0.2, 0.25) is 0 Å². The van der Waals surface area contributed by atoms with E-state index < -0.39 is 0 Å². The predicted molar refractivity (Wildman–Crippen MR) is 84.6 cm³/mol. The number of rotatable bonds is 2. The topological polar surface area (TPSA) is 42.9 Å². The molecule has 0 aliphatic rings. The van der Waals surface area contributed by atoms with Crippen molar-refractivity contribution < 1.29 is 4.79 Å². The SMILES string of the molecule is Cc1ccc(-c2nc3cc(C)c(C)cc3nc2C=O)cc1. The molecule has 3 aromatic rings. The fourth-order valence-corrected chi connectivity index (χ4v) is 2.33. The Labute approximate surface area is 123 Å². The van der Waals surface area contributed by atoms with Crippen molar-refractivity contribution in [3.8, 4) is 11.3 Å². The summed E-state index contributed by atoms with van der Waals surface area (Å²) >= 11 is 0. The number of benzene rings is 2. The van der Waals surface area contributed by atoms with Crippen molar-refractivity contribution in [2.45, 2.75) is 20.8 Å². The van der Waals surface area contributed by atoms with E-state index in [0.717, 1.165) is 28.4 Å². The maximum absolute atomic E-state index is 11.4. The third-order valence-corrected chi connectivity index (χ3v) is 3.74. The Bertz CT molecular complexity index is 836. The van der Waals surface area contributed by atoms with E-state index in [2.05, 4.69) is 16.9 Å². The quantitative estimate of drug-likeness (QED) is 0.663. The van der Waals surface area contributed by atoms with Crippen molar-refractivity contribution in [3.63, 3.8) is 0 Å². The molecule has 0 radical (unpaired) electrons. The summed E-state index contributed by atoms with van der Waals surface area (Å²) < 4.78 is 0. The summed E-state index contributed by atoms with van der Waals surface area (Å²) in [7, 11) is 0. The first-order valence-electron chi connectivity index (χ1n) is 6.89. The Morgan fingerprint density at radius 3 is 2.00 bits per heavy atom. The maximum Gasteiger partial charge on any atom is 0.170 e. The molecular formula is C18H16N2O. The van der Waals surface area contributed by atoms with Gasteiger partial charge >= 0.3 is 0 Å². The van der Waals surface area contributed by atoms with Crippen molar-refractivity contribution in [1.29, 1.82) is 0 Å². The molecule has 3 rings (SSSR count). The number of aromatic nitrogens is 2. The van der Waals surface area contributed by atoms with Crippen LogP contribution in [0.1, 0.15) is 27.2 Å². The third kappa shape index (κ3) is 2.42. The first-order valence-corrected chi connectivity index (χ1v) is 6.89. The van der Waals surface area contributed by atoms with Crippen LogP contribution in [0, 0.1) is 20.8 Å². The number of aryl methyl sites for hydroxylation is 3. The van der Waals surface area contributed by atoms with Gasteiger partial charge in [0.25, 0.3) is 0 Å². The van der Waals surface area contributed by atoms with Gasteiger partial charge in [0.15, 0.2) is 6.29 Å². The number of carbonyl (C=O) groups excluding carboxylic acids is 1. The molecule has 0 amide bonds. The smallest absolute Gasteiger partial charge is 0.170 e. The summed E-state index contributed by atoms with van der Waals surface area (Å²) in [5.41, 5.74) is 7.01. The van der Waals surface area contributed by atoms with Gasteiger partial charge in [0.2, 0.25) is 0 Å². The zero-order valence-corrected chi connectivity index (χ0v) is 12.3. The number of carbonyl (C=O) groups is 1. The van der Waals surface area contributed by atoms with Crippen LogP contribution in [0.25, 0.3) is 22.3 Å². The van der Waals surface area contributed by atoms with Crippen LogP contribution in [0.15, 0.2) is 36.4 Å². The molecule has 0 N–H and O–H groups in total. The van der Waals surface area contributed by atoms with Gasteiger partial charge in [-0.25, -0.2) is 9.97 Å². The van der Waals surface area contributed by atoms with Crippen LogP contribution in [0.3, 0.4) is 0 Å². The van der Waals surface area contributed by atoms with Crippen LogP contribution < -0.4 is 0 Å². The highest BCUT2D eigenvalue weighted by atomic mass is 16.1. The van der Waals surface area contributed by atoms with E-state index in [1.807, 2.05) is 50.2 Å². The van der Waals surface area contributed by atoms with Gasteiger partial charge in [-0.1, -0.05) is 29.8 Å². The molecule has 0 fully saturated rings. The van der Waals surface area contributed by atoms with E-state index in [4.69, 9.17) is 0 Å². The lowest BCUT2D eigenvalue weighted by atomic mass is 10.1. The van der Waals surface area contributed by atoms with E-state index in [1.54, 1.807) is 0 Å². The number of fused-ring (bicyclic) bond motifs is 1. The number of nitrogens with zero attached hydrogens (tertiary/aromatic N) is 2. The number of aldehydes is 1. The first-order chi connectivity index (χ1) is 10.1. The Kier molecular flexibility index (Phi) is 3.26. The van der Waals surface area contributed by atoms with E-state index in [0.29, 0.717) is 11.4 Å². The lowest BCUT2D eigenvalue weighted by Crippen LogP contribution is -1.99. The van der Waals surface area contributed by atoms with Crippen LogP contribution in [-0.2, 0) is 0 Å². The largest absolute Gasteiger partial charge is 0.296 e. The minimum Gasteiger partial charge on any atom is -0.296 e. The van der Waals surface area contributed by atoms with Gasteiger partial charge in [-0.2, -0.15) is 0 Å². The summed E-state index contributed by atoms with van der Waals surface area (Å²) in [5, 5.41) is 0. The molecule has 0 spiro atoms. The van der Waals surface area contributed by atoms with E-state index >= 15 is 0 Å². The zero-order chi connectivity index (χ0) is 15.0. The van der Waals surface area contributed by atoms with E-state index in [9.17, 15) is 4.79 Å². The minimum atomic E-state index is 0.384. The molecule has 3 heteroatoms. The molecule has 0 atom stereocenters. The molecule has 0 saturated carbocycles. The standard InChI is InChI=1S/C18H16N2O/c1-11-4-6-14(7-5-11)18-17(10-21)19-15-8-12(2)13(3)9-16(15)20-18/h4-10H,1-3H3. The number of hydrogen-bond donors (Lipinski definition) is 0. The molecule has 3 nitrogen and oxygen atoms in total. The van der Waals surface area contributed by atoms with Crippen molar-refractivity contribution >= 4 is 17.3 Å². The molecule has 0 aliphatic carbocycles. The first kappa shape index (κ1) is 13.4. The lowest BCUT2D eigenvalue weighted by molar-refractivity contribution is 0.111. The van der Waals surface area contributed by atoms with Gasteiger partial charge in [0, 0.05) is 5.56 Å². The van der Waals surface area contributed by atoms with E-state index in [1.165, 1.54) is 11.1 Å². The fraction of sp³-hybridized carbons (Fsp3) is 0.167. The van der Waals surface area contributed by atoms with Gasteiger partial charge in [-0.3, -0.25) is 4.79 Å². The molecule has 0 bridgehead atoms. The average Bonchev–Trinajstić information content (AvgIpc) is 2.48. The van der Waals surface area contributed by atoms with Gasteiger partial charge in [-0.15, -0.1) is 0 Å². The molecule has 1 heterocycles. The molecule has 2 aromatic carbocycles. The Morgan fingerprint density at radius 2 is 1.43 bits per heavy atom. The molecule has 0 aliphatic heterocycles. The second kappa shape index (κ2) is 5.09. The summed E-state index contributed by atoms with van der Waals surface area (Å²) in [6, 6.07) is 12.0. The average molecular weight is 276 g/mol. The summed E-state index contributed by atoms with van der Waals surface area (Å²) in [6.45, 7) is 6.11. The molecular weight excluding hydrogens is 260 g/mol. The van der Waals surface area contributed by atoms with E-state index in [-0.39, 0.29) is 0 Å². The Morgan fingerprint density at radius 1 is 0.857 bits per heavy atom. The molecule has 0 unspecified atom stereocenters. The zero-order valence-electron chi connectivity index (χ0n) is 12.3. The van der Waals surface area contributed by atoms with Gasteiger partial charge in [0.05, 0.1) is 11.0 Å². The summed E-state index contributed by atoms with van der Waals surface area (Å²) in [6.07, 6.45) is 0.775. The number of hydrogen-bond acceptors (Lipinski definition) is 3. The van der Waals surface area contributed by atoms with Gasteiger partial charge < -0.3 is 0 Å². The predicted octanol–water partition coefficient (Wildman–Crippen LogP) is 4.03. The van der Waals surface area contributed by atoms with Gasteiger partial charge in [0.1, 0.15) is 11.4 Å². The second-order valence-corrected chi connectivity index (χ2v) is 5.37. The van der Waals surface area contributed by atoms with Crippen molar-refractivity contribution in [2.75, 3.05) is 0 Å². The van der Waals surface area contributed by atoms with Crippen molar-refractivity contribution in [1.82, 2.24) is 9.97 Å². The highest BCUT2D eigenvalue weighted by molar-refractivity contribution is 5.89. The molecule has 0 saturated heterocycles. The normalized spacial score (nSPS) is 10.8. The maximum atomic E-state index is 11.4. The highest BCUT2D eigenvalue weighted by Gasteiger charge is 2.11. The van der Waals surface area contributed by atoms with Crippen molar-refractivity contribution in [2.24, 2.45) is 0 Å². The van der Waals surface area contributed by atoms with Crippen LogP contribution in [0.5, 0.6) is 0 Å². The Hall–Kier alpha value is -2.55. The molecule has 21 heavy (non-hydrogen) atoms. The highest BCUT2D eigenvalue weighted by Crippen LogP contribution is 2.24. The van der Waals surface area contributed by atoms with Crippen LogP contribution in [0.4, 0.5) is 0 Å².